The van der Waals surface area contributed by atoms with Gasteiger partial charge in [-0.1, -0.05) is 18.9 Å². The van der Waals surface area contributed by atoms with Gasteiger partial charge < -0.3 is 11.1 Å². The maximum Gasteiger partial charge on any atom is 0.229 e. The fraction of sp³-hybridized carbons (Fsp3) is 0.562. The summed E-state index contributed by atoms with van der Waals surface area (Å²) in [6.45, 7) is 1.92. The average Bonchev–Trinajstić information content (AvgIpc) is 2.74. The van der Waals surface area contributed by atoms with Crippen molar-refractivity contribution in [1.29, 1.82) is 0 Å². The van der Waals surface area contributed by atoms with Gasteiger partial charge >= 0.3 is 0 Å². The molecule has 1 fully saturated rings. The van der Waals surface area contributed by atoms with Crippen molar-refractivity contribution in [2.24, 2.45) is 11.7 Å². The van der Waals surface area contributed by atoms with E-state index < -0.39 is 15.4 Å². The summed E-state index contributed by atoms with van der Waals surface area (Å²) in [5.41, 5.74) is 7.13. The number of fused-ring (bicyclic) bond motifs is 1. The molecule has 0 radical (unpaired) electrons. The highest BCUT2D eigenvalue weighted by Gasteiger charge is 2.38. The lowest BCUT2D eigenvalue weighted by atomic mass is 9.74. The summed E-state index contributed by atoms with van der Waals surface area (Å²) in [5.74, 6) is -0.186. The summed E-state index contributed by atoms with van der Waals surface area (Å²) in [4.78, 5) is 12.9. The molecule has 1 aromatic carbocycles. The van der Waals surface area contributed by atoms with Crippen molar-refractivity contribution in [1.82, 2.24) is 0 Å². The Balaban J connectivity index is 0.00000192. The zero-order valence-electron chi connectivity index (χ0n) is 13.2. The van der Waals surface area contributed by atoms with E-state index in [4.69, 9.17) is 5.73 Å². The Labute approximate surface area is 143 Å². The maximum absolute atomic E-state index is 12.5. The molecule has 2 aliphatic rings. The number of hydrogen-bond acceptors (Lipinski definition) is 4. The Morgan fingerprint density at radius 3 is 2.78 bits per heavy atom. The number of hydrogen-bond donors (Lipinski definition) is 2. The van der Waals surface area contributed by atoms with E-state index in [2.05, 4.69) is 5.32 Å². The van der Waals surface area contributed by atoms with Crippen molar-refractivity contribution in [3.8, 4) is 0 Å². The molecule has 23 heavy (non-hydrogen) atoms. The number of carbonyl (C=O) groups excluding carboxylic acids is 1. The Kier molecular flexibility index (Phi) is 5.09. The zero-order valence-corrected chi connectivity index (χ0v) is 14.8. The third-order valence-electron chi connectivity index (χ3n) is 4.88. The summed E-state index contributed by atoms with van der Waals surface area (Å²) < 4.78 is 23.9. The van der Waals surface area contributed by atoms with Crippen LogP contribution in [0.3, 0.4) is 0 Å². The minimum atomic E-state index is -3.19. The highest BCUT2D eigenvalue weighted by molar-refractivity contribution is 7.91. The molecule has 0 saturated heterocycles. The van der Waals surface area contributed by atoms with E-state index in [1.807, 2.05) is 6.92 Å². The minimum Gasteiger partial charge on any atom is -0.326 e. The number of carbonyl (C=O) groups is 1. The Bertz CT molecular complexity index is 716. The first kappa shape index (κ1) is 18.2. The van der Waals surface area contributed by atoms with E-state index in [0.717, 1.165) is 31.2 Å². The largest absolute Gasteiger partial charge is 0.326 e. The van der Waals surface area contributed by atoms with E-state index in [1.165, 1.54) is 0 Å². The molecule has 1 heterocycles. The summed E-state index contributed by atoms with van der Waals surface area (Å²) in [5, 5.41) is 2.85. The minimum absolute atomic E-state index is 0. The first-order valence-corrected chi connectivity index (χ1v) is 9.40. The summed E-state index contributed by atoms with van der Waals surface area (Å²) >= 11 is 0. The Morgan fingerprint density at radius 1 is 1.35 bits per heavy atom. The van der Waals surface area contributed by atoms with Gasteiger partial charge in [0.2, 0.25) is 5.91 Å². The first-order valence-electron chi connectivity index (χ1n) is 7.75. The molecule has 0 bridgehead atoms. The van der Waals surface area contributed by atoms with Gasteiger partial charge in [0.15, 0.2) is 9.84 Å². The third kappa shape index (κ3) is 3.54. The van der Waals surface area contributed by atoms with Gasteiger partial charge in [-0.25, -0.2) is 8.42 Å². The van der Waals surface area contributed by atoms with Gasteiger partial charge in [0.05, 0.1) is 16.6 Å². The molecule has 7 heteroatoms. The molecule has 128 valence electrons. The Morgan fingerprint density at radius 2 is 2.09 bits per heavy atom. The topological polar surface area (TPSA) is 89.3 Å². The molecule has 1 aliphatic heterocycles. The van der Waals surface area contributed by atoms with E-state index in [9.17, 15) is 13.2 Å². The number of anilines is 1. The van der Waals surface area contributed by atoms with Crippen LogP contribution in [0.4, 0.5) is 5.69 Å². The first-order chi connectivity index (χ1) is 10.3. The van der Waals surface area contributed by atoms with Crippen molar-refractivity contribution in [2.75, 3.05) is 11.1 Å². The van der Waals surface area contributed by atoms with Crippen LogP contribution in [-0.4, -0.2) is 25.6 Å². The highest BCUT2D eigenvalue weighted by atomic mass is 35.5. The van der Waals surface area contributed by atoms with E-state index in [1.54, 1.807) is 18.2 Å². The van der Waals surface area contributed by atoms with Crippen LogP contribution in [0.1, 0.15) is 38.2 Å². The quantitative estimate of drug-likeness (QED) is 0.848. The monoisotopic (exact) mass is 358 g/mol. The van der Waals surface area contributed by atoms with Crippen molar-refractivity contribution in [3.63, 3.8) is 0 Å². The van der Waals surface area contributed by atoms with Crippen LogP contribution < -0.4 is 11.1 Å². The van der Waals surface area contributed by atoms with E-state index >= 15 is 0 Å². The van der Waals surface area contributed by atoms with Gasteiger partial charge in [0, 0.05) is 11.2 Å². The van der Waals surface area contributed by atoms with Gasteiger partial charge in [0.25, 0.3) is 0 Å². The second-order valence-corrected chi connectivity index (χ2v) is 8.76. The van der Waals surface area contributed by atoms with Gasteiger partial charge in [-0.05, 0) is 43.9 Å². The van der Waals surface area contributed by atoms with Crippen LogP contribution in [0.5, 0.6) is 0 Å². The lowest BCUT2D eigenvalue weighted by molar-refractivity contribution is -0.122. The van der Waals surface area contributed by atoms with Crippen molar-refractivity contribution >= 4 is 33.8 Å². The number of aryl methyl sites for hydroxylation is 1. The average molecular weight is 359 g/mol. The maximum atomic E-state index is 12.5. The fourth-order valence-corrected chi connectivity index (χ4v) is 5.09. The predicted molar refractivity (Wildman–Crippen MR) is 92.6 cm³/mol. The molecule has 1 aliphatic carbocycles. The summed E-state index contributed by atoms with van der Waals surface area (Å²) in [6, 6.07) is 5.14. The molecule has 2 unspecified atom stereocenters. The van der Waals surface area contributed by atoms with Gasteiger partial charge in [-0.3, -0.25) is 4.79 Å². The molecule has 5 nitrogen and oxygen atoms in total. The molecule has 3 rings (SSSR count). The normalized spacial score (nSPS) is 28.5. The lowest BCUT2D eigenvalue weighted by Gasteiger charge is -2.37. The van der Waals surface area contributed by atoms with Gasteiger partial charge in [-0.2, -0.15) is 0 Å². The Hall–Kier alpha value is -1.11. The molecule has 2 atom stereocenters. The van der Waals surface area contributed by atoms with Crippen LogP contribution in [0.15, 0.2) is 23.1 Å². The number of amides is 1. The van der Waals surface area contributed by atoms with Crippen LogP contribution >= 0.6 is 12.4 Å². The van der Waals surface area contributed by atoms with Crippen LogP contribution in [0.2, 0.25) is 0 Å². The summed E-state index contributed by atoms with van der Waals surface area (Å²) in [6.07, 6.45) is 4.22. The number of rotatable bonds is 2. The summed E-state index contributed by atoms with van der Waals surface area (Å²) in [7, 11) is -3.19. The molecule has 0 spiro atoms. The number of benzene rings is 1. The van der Waals surface area contributed by atoms with Crippen molar-refractivity contribution in [3.05, 3.63) is 23.8 Å². The number of nitrogens with one attached hydrogen (secondary N) is 1. The fourth-order valence-electron chi connectivity index (χ4n) is 3.50. The zero-order chi connectivity index (χ0) is 16.0. The van der Waals surface area contributed by atoms with E-state index in [-0.39, 0.29) is 30.0 Å². The smallest absolute Gasteiger partial charge is 0.229 e. The molecular weight excluding hydrogens is 336 g/mol. The number of sulfone groups is 1. The van der Waals surface area contributed by atoms with Crippen LogP contribution in [0, 0.1) is 5.92 Å². The SMILES string of the molecule is CC1(N)CCCCC1C(=O)Nc1ccc2c(c1)S(=O)(=O)CC2.Cl. The second kappa shape index (κ2) is 6.42. The molecule has 1 saturated carbocycles. The van der Waals surface area contributed by atoms with Crippen LogP contribution in [-0.2, 0) is 21.1 Å². The predicted octanol–water partition coefficient (Wildman–Crippen LogP) is 2.28. The van der Waals surface area contributed by atoms with E-state index in [0.29, 0.717) is 17.0 Å². The van der Waals surface area contributed by atoms with Crippen molar-refractivity contribution in [2.45, 2.75) is 49.5 Å². The molecular formula is C16H23ClN2O3S. The lowest BCUT2D eigenvalue weighted by Crippen LogP contribution is -2.51. The standard InChI is InChI=1S/C16H22N2O3S.ClH/c1-16(17)8-3-2-4-13(16)15(19)18-12-6-5-11-7-9-22(20,21)14(11)10-12;/h5-6,10,13H,2-4,7-9,17H2,1H3,(H,18,19);1H. The molecule has 0 aromatic heterocycles. The molecule has 1 amide bonds. The highest BCUT2D eigenvalue weighted by Crippen LogP contribution is 2.33. The second-order valence-electron chi connectivity index (χ2n) is 6.68. The molecule has 3 N–H and O–H groups in total. The van der Waals surface area contributed by atoms with Gasteiger partial charge in [0.1, 0.15) is 0 Å². The van der Waals surface area contributed by atoms with Gasteiger partial charge in [-0.15, -0.1) is 12.4 Å². The number of nitrogens with two attached hydrogens (primary N) is 1. The van der Waals surface area contributed by atoms with Crippen LogP contribution in [0.25, 0.3) is 0 Å². The number of halogens is 1. The molecule has 1 aromatic rings. The third-order valence-corrected chi connectivity index (χ3v) is 6.67. The van der Waals surface area contributed by atoms with Crippen molar-refractivity contribution < 1.29 is 13.2 Å².